The molecule has 0 amide bonds. The highest BCUT2D eigenvalue weighted by Gasteiger charge is 2.29. The lowest BCUT2D eigenvalue weighted by Crippen LogP contribution is -2.31. The average molecular weight is 330 g/mol. The Balaban J connectivity index is 3.21. The second-order valence-electron chi connectivity index (χ2n) is 4.19. The topological polar surface area (TPSA) is 47.6 Å². The minimum absolute atomic E-state index is 0.148. The van der Waals surface area contributed by atoms with Crippen molar-refractivity contribution in [2.24, 2.45) is 5.92 Å². The highest BCUT2D eigenvalue weighted by atomic mass is 79.9. The monoisotopic (exact) mass is 329 g/mol. The summed E-state index contributed by atoms with van der Waals surface area (Å²) in [6, 6.07) is 5.61. The van der Waals surface area contributed by atoms with Gasteiger partial charge in [0.1, 0.15) is 5.75 Å². The molecule has 0 aliphatic rings. The second-order valence-corrected chi connectivity index (χ2v) is 5.11. The molecule has 0 saturated carbocycles. The van der Waals surface area contributed by atoms with Gasteiger partial charge >= 0.3 is 5.97 Å². The van der Waals surface area contributed by atoms with E-state index in [-0.39, 0.29) is 17.9 Å². The molecule has 5 heteroatoms. The first kappa shape index (κ1) is 16.0. The standard InChI is InChI=1S/C14H20BrNO3/c1-5-10(14(17)19-4)13(16-2)11-8-9(15)6-7-12(11)18-3/h6-8,10,13,16H,5H2,1-4H3. The van der Waals surface area contributed by atoms with Crippen LogP contribution in [0, 0.1) is 5.92 Å². The van der Waals surface area contributed by atoms with Crippen molar-refractivity contribution in [1.29, 1.82) is 0 Å². The molecule has 106 valence electrons. The van der Waals surface area contributed by atoms with Crippen LogP contribution in [0.1, 0.15) is 24.9 Å². The number of hydrogen-bond donors (Lipinski definition) is 1. The highest BCUT2D eigenvalue weighted by Crippen LogP contribution is 2.34. The van der Waals surface area contributed by atoms with Gasteiger partial charge in [-0.25, -0.2) is 0 Å². The normalized spacial score (nSPS) is 13.7. The molecule has 0 bridgehead atoms. The third kappa shape index (κ3) is 3.70. The number of hydrogen-bond acceptors (Lipinski definition) is 4. The van der Waals surface area contributed by atoms with Crippen molar-refractivity contribution in [2.75, 3.05) is 21.3 Å². The summed E-state index contributed by atoms with van der Waals surface area (Å²) in [6.45, 7) is 1.97. The number of halogens is 1. The van der Waals surface area contributed by atoms with E-state index in [1.807, 2.05) is 32.2 Å². The van der Waals surface area contributed by atoms with E-state index in [2.05, 4.69) is 21.2 Å². The number of methoxy groups -OCH3 is 2. The van der Waals surface area contributed by atoms with Crippen LogP contribution in [0.5, 0.6) is 5.75 Å². The van der Waals surface area contributed by atoms with Crippen LogP contribution in [-0.4, -0.2) is 27.2 Å². The molecule has 0 aliphatic heterocycles. The maximum atomic E-state index is 11.9. The number of carbonyl (C=O) groups excluding carboxylic acids is 1. The molecule has 1 rings (SSSR count). The first-order chi connectivity index (χ1) is 9.08. The lowest BCUT2D eigenvalue weighted by molar-refractivity contribution is -0.146. The van der Waals surface area contributed by atoms with Crippen molar-refractivity contribution in [3.63, 3.8) is 0 Å². The van der Waals surface area contributed by atoms with Crippen LogP contribution in [0.15, 0.2) is 22.7 Å². The van der Waals surface area contributed by atoms with Gasteiger partial charge in [0.2, 0.25) is 0 Å². The van der Waals surface area contributed by atoms with E-state index in [1.54, 1.807) is 7.11 Å². The van der Waals surface area contributed by atoms with Crippen LogP contribution in [0.4, 0.5) is 0 Å². The van der Waals surface area contributed by atoms with Gasteiger partial charge in [-0.05, 0) is 31.7 Å². The number of benzene rings is 1. The molecular weight excluding hydrogens is 310 g/mol. The van der Waals surface area contributed by atoms with E-state index >= 15 is 0 Å². The van der Waals surface area contributed by atoms with Gasteiger partial charge in [0, 0.05) is 16.1 Å². The third-order valence-corrected chi connectivity index (χ3v) is 3.68. The van der Waals surface area contributed by atoms with Gasteiger partial charge < -0.3 is 14.8 Å². The molecule has 0 aromatic heterocycles. The van der Waals surface area contributed by atoms with Gasteiger partial charge in [0.15, 0.2) is 0 Å². The Bertz CT molecular complexity index is 437. The van der Waals surface area contributed by atoms with Crippen LogP contribution in [0.25, 0.3) is 0 Å². The summed E-state index contributed by atoms with van der Waals surface area (Å²) in [7, 11) is 4.87. The zero-order valence-electron chi connectivity index (χ0n) is 11.7. The van der Waals surface area contributed by atoms with Gasteiger partial charge in [0.05, 0.1) is 20.1 Å². The molecule has 2 atom stereocenters. The summed E-state index contributed by atoms with van der Waals surface area (Å²) in [6.07, 6.45) is 0.688. The fraction of sp³-hybridized carbons (Fsp3) is 0.500. The molecule has 0 fully saturated rings. The number of esters is 1. The average Bonchev–Trinajstić information content (AvgIpc) is 2.43. The van der Waals surface area contributed by atoms with Crippen molar-refractivity contribution in [3.05, 3.63) is 28.2 Å². The fourth-order valence-corrected chi connectivity index (χ4v) is 2.59. The van der Waals surface area contributed by atoms with Crippen LogP contribution in [0.3, 0.4) is 0 Å². The van der Waals surface area contributed by atoms with E-state index in [0.29, 0.717) is 6.42 Å². The Kier molecular flexibility index (Phi) is 6.31. The zero-order chi connectivity index (χ0) is 14.4. The van der Waals surface area contributed by atoms with Crippen LogP contribution < -0.4 is 10.1 Å². The molecule has 4 nitrogen and oxygen atoms in total. The quantitative estimate of drug-likeness (QED) is 0.815. The molecule has 0 aliphatic carbocycles. The summed E-state index contributed by atoms with van der Waals surface area (Å²) in [4.78, 5) is 11.9. The predicted octanol–water partition coefficient (Wildman–Crippen LogP) is 2.92. The summed E-state index contributed by atoms with van der Waals surface area (Å²) in [5.74, 6) is 0.284. The van der Waals surface area contributed by atoms with Gasteiger partial charge in [-0.3, -0.25) is 4.79 Å². The van der Waals surface area contributed by atoms with Crippen molar-refractivity contribution in [2.45, 2.75) is 19.4 Å². The summed E-state index contributed by atoms with van der Waals surface area (Å²) >= 11 is 3.45. The minimum atomic E-state index is -0.252. The lowest BCUT2D eigenvalue weighted by Gasteiger charge is -2.26. The van der Waals surface area contributed by atoms with Crippen LogP contribution >= 0.6 is 15.9 Å². The smallest absolute Gasteiger partial charge is 0.310 e. The van der Waals surface area contributed by atoms with Crippen LogP contribution in [0.2, 0.25) is 0 Å². The highest BCUT2D eigenvalue weighted by molar-refractivity contribution is 9.10. The van der Waals surface area contributed by atoms with E-state index in [0.717, 1.165) is 15.8 Å². The zero-order valence-corrected chi connectivity index (χ0v) is 13.3. The molecular formula is C14H20BrNO3. The fourth-order valence-electron chi connectivity index (χ4n) is 2.21. The van der Waals surface area contributed by atoms with Crippen molar-refractivity contribution in [3.8, 4) is 5.75 Å². The first-order valence-corrected chi connectivity index (χ1v) is 6.96. The van der Waals surface area contributed by atoms with Crippen molar-refractivity contribution < 1.29 is 14.3 Å². The van der Waals surface area contributed by atoms with Gasteiger partial charge in [-0.15, -0.1) is 0 Å². The van der Waals surface area contributed by atoms with Gasteiger partial charge in [0.25, 0.3) is 0 Å². The number of rotatable bonds is 6. The van der Waals surface area contributed by atoms with E-state index in [4.69, 9.17) is 9.47 Å². The second kappa shape index (κ2) is 7.50. The minimum Gasteiger partial charge on any atom is -0.496 e. The van der Waals surface area contributed by atoms with E-state index in [9.17, 15) is 4.79 Å². The summed E-state index contributed by atoms with van der Waals surface area (Å²) in [5.41, 5.74) is 0.941. The summed E-state index contributed by atoms with van der Waals surface area (Å²) < 4.78 is 11.2. The van der Waals surface area contributed by atoms with Crippen LogP contribution in [-0.2, 0) is 9.53 Å². The molecule has 0 heterocycles. The van der Waals surface area contributed by atoms with Gasteiger partial charge in [-0.1, -0.05) is 22.9 Å². The molecule has 1 N–H and O–H groups in total. The molecule has 19 heavy (non-hydrogen) atoms. The van der Waals surface area contributed by atoms with Crippen molar-refractivity contribution >= 4 is 21.9 Å². The maximum absolute atomic E-state index is 11.9. The molecule has 1 aromatic rings. The molecule has 0 saturated heterocycles. The van der Waals surface area contributed by atoms with Gasteiger partial charge in [-0.2, -0.15) is 0 Å². The van der Waals surface area contributed by atoms with E-state index < -0.39 is 0 Å². The Morgan fingerprint density at radius 1 is 1.42 bits per heavy atom. The Morgan fingerprint density at radius 2 is 2.11 bits per heavy atom. The first-order valence-electron chi connectivity index (χ1n) is 6.17. The predicted molar refractivity (Wildman–Crippen MR) is 78.3 cm³/mol. The Labute approximate surface area is 122 Å². The van der Waals surface area contributed by atoms with E-state index in [1.165, 1.54) is 7.11 Å². The third-order valence-electron chi connectivity index (χ3n) is 3.18. The lowest BCUT2D eigenvalue weighted by atomic mass is 9.90. The molecule has 0 radical (unpaired) electrons. The molecule has 1 aromatic carbocycles. The Hall–Kier alpha value is -1.07. The SMILES string of the molecule is CCC(C(=O)OC)C(NC)c1cc(Br)ccc1OC. The maximum Gasteiger partial charge on any atom is 0.310 e. The van der Waals surface area contributed by atoms with Crippen molar-refractivity contribution in [1.82, 2.24) is 5.32 Å². The molecule has 0 spiro atoms. The number of ether oxygens (including phenoxy) is 2. The Morgan fingerprint density at radius 3 is 2.58 bits per heavy atom. The molecule has 2 unspecified atom stereocenters. The number of nitrogens with one attached hydrogen (secondary N) is 1. The number of carbonyl (C=O) groups is 1. The largest absolute Gasteiger partial charge is 0.496 e. The summed E-state index contributed by atoms with van der Waals surface area (Å²) in [5, 5.41) is 3.18.